The van der Waals surface area contributed by atoms with Crippen LogP contribution in [0.1, 0.15) is 35.5 Å². The maximum atomic E-state index is 12.0. The van der Waals surface area contributed by atoms with Gasteiger partial charge in [0.1, 0.15) is 4.88 Å². The van der Waals surface area contributed by atoms with E-state index in [0.717, 1.165) is 18.5 Å². The topological polar surface area (TPSA) is 72.0 Å². The second-order valence-electron chi connectivity index (χ2n) is 4.42. The molecule has 0 fully saturated rings. The molecule has 1 aromatic heterocycles. The number of thiophene rings is 1. The van der Waals surface area contributed by atoms with Crippen molar-refractivity contribution in [2.45, 2.75) is 33.2 Å². The number of hydrogen-bond donors (Lipinski definition) is 2. The first-order valence-corrected chi connectivity index (χ1v) is 7.19. The highest BCUT2D eigenvalue weighted by molar-refractivity contribution is 7.12. The van der Waals surface area contributed by atoms with E-state index < -0.39 is 5.97 Å². The molecule has 0 aliphatic rings. The van der Waals surface area contributed by atoms with Gasteiger partial charge >= 0.3 is 5.97 Å². The summed E-state index contributed by atoms with van der Waals surface area (Å²) >= 11 is 1.28. The maximum Gasteiger partial charge on any atom is 0.350 e. The van der Waals surface area contributed by atoms with E-state index in [4.69, 9.17) is 4.74 Å². The number of methoxy groups -OCH3 is 1. The zero-order chi connectivity index (χ0) is 14.4. The van der Waals surface area contributed by atoms with Crippen LogP contribution in [0.3, 0.4) is 0 Å². The molecule has 0 unspecified atom stereocenters. The van der Waals surface area contributed by atoms with Crippen LogP contribution < -0.4 is 10.6 Å². The zero-order valence-corrected chi connectivity index (χ0v) is 12.6. The van der Waals surface area contributed by atoms with Crippen LogP contribution in [0.25, 0.3) is 0 Å². The number of anilines is 1. The van der Waals surface area contributed by atoms with Crippen LogP contribution in [0.5, 0.6) is 0 Å². The Labute approximate surface area is 117 Å². The first-order valence-electron chi connectivity index (χ1n) is 6.31. The normalized spacial score (nSPS) is 12.0. The van der Waals surface area contributed by atoms with Crippen molar-refractivity contribution in [1.82, 2.24) is 0 Å². The first-order chi connectivity index (χ1) is 9.01. The van der Waals surface area contributed by atoms with E-state index in [1.807, 2.05) is 24.5 Å². The van der Waals surface area contributed by atoms with Crippen molar-refractivity contribution in [1.29, 1.82) is 0 Å². The van der Waals surface area contributed by atoms with Gasteiger partial charge in [0.05, 0.1) is 19.3 Å². The predicted octanol–water partition coefficient (Wildman–Crippen LogP) is 1.14. The standard InChI is InChI=1S/C13H20N2O3S/c1-5-6-14-9(3)12(16)15-10-8(2)7-19-11(10)13(17)18-4/h7,9,14H,5-6H2,1-4H3,(H,15,16)/p+1/t9-/m0/s1. The second kappa shape index (κ2) is 7.25. The van der Waals surface area contributed by atoms with Crippen molar-refractivity contribution in [3.8, 4) is 0 Å². The van der Waals surface area contributed by atoms with Crippen LogP contribution in [-0.4, -0.2) is 31.6 Å². The lowest BCUT2D eigenvalue weighted by atomic mass is 10.2. The summed E-state index contributed by atoms with van der Waals surface area (Å²) in [4.78, 5) is 24.1. The minimum Gasteiger partial charge on any atom is -0.465 e. The van der Waals surface area contributed by atoms with Crippen molar-refractivity contribution < 1.29 is 19.6 Å². The number of carbonyl (C=O) groups excluding carboxylic acids is 2. The maximum absolute atomic E-state index is 12.0. The summed E-state index contributed by atoms with van der Waals surface area (Å²) in [7, 11) is 1.33. The number of nitrogens with two attached hydrogens (primary N) is 1. The lowest BCUT2D eigenvalue weighted by Gasteiger charge is -2.11. The number of rotatable bonds is 6. The van der Waals surface area contributed by atoms with Crippen molar-refractivity contribution in [3.05, 3.63) is 15.8 Å². The fourth-order valence-electron chi connectivity index (χ4n) is 1.60. The molecule has 0 aliphatic carbocycles. The average Bonchev–Trinajstić information content (AvgIpc) is 2.76. The number of aryl methyl sites for hydroxylation is 1. The van der Waals surface area contributed by atoms with Crippen LogP contribution in [-0.2, 0) is 9.53 Å². The van der Waals surface area contributed by atoms with Crippen LogP contribution in [0.15, 0.2) is 5.38 Å². The van der Waals surface area contributed by atoms with E-state index in [0.29, 0.717) is 10.6 Å². The number of quaternary nitrogens is 1. The summed E-state index contributed by atoms with van der Waals surface area (Å²) < 4.78 is 4.71. The van der Waals surface area contributed by atoms with Gasteiger partial charge in [0, 0.05) is 0 Å². The van der Waals surface area contributed by atoms with Gasteiger partial charge in [0.25, 0.3) is 5.91 Å². The molecule has 0 radical (unpaired) electrons. The van der Waals surface area contributed by atoms with Crippen molar-refractivity contribution in [2.24, 2.45) is 0 Å². The van der Waals surface area contributed by atoms with E-state index in [1.165, 1.54) is 18.4 Å². The largest absolute Gasteiger partial charge is 0.465 e. The molecule has 0 spiro atoms. The highest BCUT2D eigenvalue weighted by Gasteiger charge is 2.22. The summed E-state index contributed by atoms with van der Waals surface area (Å²) in [5.74, 6) is -0.515. The highest BCUT2D eigenvalue weighted by atomic mass is 32.1. The molecule has 3 N–H and O–H groups in total. The minimum absolute atomic E-state index is 0.0971. The van der Waals surface area contributed by atoms with Gasteiger partial charge in [-0.15, -0.1) is 11.3 Å². The third-order valence-corrected chi connectivity index (χ3v) is 3.89. The molecule has 1 aromatic rings. The molecule has 1 rings (SSSR count). The van der Waals surface area contributed by atoms with Crippen molar-refractivity contribution in [2.75, 3.05) is 19.0 Å². The SMILES string of the molecule is CCC[NH2+][C@@H](C)C(=O)Nc1c(C)csc1C(=O)OC. The number of esters is 1. The molecule has 6 heteroatoms. The zero-order valence-electron chi connectivity index (χ0n) is 11.8. The Balaban J connectivity index is 2.78. The Bertz CT molecular complexity index is 457. The highest BCUT2D eigenvalue weighted by Crippen LogP contribution is 2.28. The van der Waals surface area contributed by atoms with Gasteiger partial charge in [-0.3, -0.25) is 4.79 Å². The van der Waals surface area contributed by atoms with E-state index in [1.54, 1.807) is 0 Å². The van der Waals surface area contributed by atoms with Gasteiger partial charge in [0.2, 0.25) is 0 Å². The van der Waals surface area contributed by atoms with Crippen LogP contribution in [0, 0.1) is 6.92 Å². The van der Waals surface area contributed by atoms with E-state index in [-0.39, 0.29) is 11.9 Å². The van der Waals surface area contributed by atoms with E-state index >= 15 is 0 Å². The Hall–Kier alpha value is -1.40. The molecule has 0 bridgehead atoms. The Morgan fingerprint density at radius 2 is 2.21 bits per heavy atom. The lowest BCUT2D eigenvalue weighted by Crippen LogP contribution is -2.91. The average molecular weight is 285 g/mol. The lowest BCUT2D eigenvalue weighted by molar-refractivity contribution is -0.673. The molecule has 1 amide bonds. The smallest absolute Gasteiger partial charge is 0.350 e. The Morgan fingerprint density at radius 1 is 1.53 bits per heavy atom. The summed E-state index contributed by atoms with van der Waals surface area (Å²) in [5.41, 5.74) is 1.44. The molecule has 0 saturated carbocycles. The van der Waals surface area contributed by atoms with Crippen molar-refractivity contribution >= 4 is 28.9 Å². The van der Waals surface area contributed by atoms with Gasteiger partial charge in [-0.05, 0) is 31.2 Å². The summed E-state index contributed by atoms with van der Waals surface area (Å²) in [6.07, 6.45) is 1.02. The number of nitrogens with one attached hydrogen (secondary N) is 1. The molecule has 1 heterocycles. The Morgan fingerprint density at radius 3 is 2.79 bits per heavy atom. The van der Waals surface area contributed by atoms with Gasteiger partial charge < -0.3 is 15.4 Å². The van der Waals surface area contributed by atoms with Crippen molar-refractivity contribution in [3.63, 3.8) is 0 Å². The van der Waals surface area contributed by atoms with E-state index in [2.05, 4.69) is 12.2 Å². The monoisotopic (exact) mass is 285 g/mol. The minimum atomic E-state index is -0.418. The molecule has 5 nitrogen and oxygen atoms in total. The van der Waals surface area contributed by atoms with Gasteiger partial charge in [-0.1, -0.05) is 6.92 Å². The molecule has 19 heavy (non-hydrogen) atoms. The number of hydrogen-bond acceptors (Lipinski definition) is 4. The van der Waals surface area contributed by atoms with Gasteiger partial charge in [-0.25, -0.2) is 4.79 Å². The molecule has 0 aromatic carbocycles. The fraction of sp³-hybridized carbons (Fsp3) is 0.538. The summed E-state index contributed by atoms with van der Waals surface area (Å²) in [6, 6.07) is -0.176. The second-order valence-corrected chi connectivity index (χ2v) is 5.30. The van der Waals surface area contributed by atoms with Crippen LogP contribution in [0.2, 0.25) is 0 Å². The molecule has 106 valence electrons. The first kappa shape index (κ1) is 15.7. The quantitative estimate of drug-likeness (QED) is 0.770. The number of ether oxygens (including phenoxy) is 1. The number of carbonyl (C=O) groups is 2. The third kappa shape index (κ3) is 4.04. The molecule has 1 atom stereocenters. The molecule has 0 aliphatic heterocycles. The molecular weight excluding hydrogens is 264 g/mol. The van der Waals surface area contributed by atoms with Crippen LogP contribution in [0.4, 0.5) is 5.69 Å². The predicted molar refractivity (Wildman–Crippen MR) is 75.6 cm³/mol. The molecule has 0 saturated heterocycles. The van der Waals surface area contributed by atoms with Gasteiger partial charge in [0.15, 0.2) is 6.04 Å². The van der Waals surface area contributed by atoms with E-state index in [9.17, 15) is 9.59 Å². The molecular formula is C13H21N2O3S+. The fourth-order valence-corrected chi connectivity index (χ4v) is 2.53. The summed E-state index contributed by atoms with van der Waals surface area (Å²) in [5, 5.41) is 6.64. The van der Waals surface area contributed by atoms with Crippen LogP contribution >= 0.6 is 11.3 Å². The third-order valence-electron chi connectivity index (χ3n) is 2.82. The summed E-state index contributed by atoms with van der Waals surface area (Å²) in [6.45, 7) is 6.68. The van der Waals surface area contributed by atoms with Gasteiger partial charge in [-0.2, -0.15) is 0 Å². The number of amides is 1. The Kier molecular flexibility index (Phi) is 5.98.